The van der Waals surface area contributed by atoms with Gasteiger partial charge in [0.15, 0.2) is 22.4 Å². The van der Waals surface area contributed by atoms with Gasteiger partial charge >= 0.3 is 0 Å². The molecule has 3 aromatic carbocycles. The number of carbonyl (C=O) groups excluding carboxylic acids is 2. The van der Waals surface area contributed by atoms with E-state index in [4.69, 9.17) is 14.5 Å². The quantitative estimate of drug-likeness (QED) is 0.332. The number of benzene rings is 3. The van der Waals surface area contributed by atoms with Crippen molar-refractivity contribution in [3.8, 4) is 22.8 Å². The molecule has 1 aromatic heterocycles. The molecule has 1 unspecified atom stereocenters. The third kappa shape index (κ3) is 4.88. The van der Waals surface area contributed by atoms with E-state index in [1.807, 2.05) is 54.6 Å². The molecular weight excluding hydrogens is 472 g/mol. The normalized spacial score (nSPS) is 14.4. The molecule has 6 nitrogen and oxygen atoms in total. The molecule has 4 aromatic rings. The number of ketones is 1. The number of ether oxygens (including phenoxy) is 2. The predicted molar refractivity (Wildman–Crippen MR) is 141 cm³/mol. The Kier molecular flexibility index (Phi) is 6.82. The zero-order valence-electron chi connectivity index (χ0n) is 20.1. The van der Waals surface area contributed by atoms with Crippen LogP contribution in [0.2, 0.25) is 0 Å². The first kappa shape index (κ1) is 23.8. The highest BCUT2D eigenvalue weighted by atomic mass is 32.1. The van der Waals surface area contributed by atoms with Crippen LogP contribution in [0.25, 0.3) is 11.3 Å². The summed E-state index contributed by atoms with van der Waals surface area (Å²) in [5.74, 6) is 0.400. The first-order chi connectivity index (χ1) is 17.6. The maximum Gasteiger partial charge on any atom is 0.226 e. The van der Waals surface area contributed by atoms with Gasteiger partial charge in [-0.2, -0.15) is 0 Å². The molecule has 1 N–H and O–H groups in total. The fourth-order valence-corrected chi connectivity index (χ4v) is 5.62. The summed E-state index contributed by atoms with van der Waals surface area (Å²) >= 11 is 1.47. The number of hydrogen-bond donors (Lipinski definition) is 1. The van der Waals surface area contributed by atoms with Crippen LogP contribution in [0.1, 0.15) is 32.8 Å². The largest absolute Gasteiger partial charge is 0.493 e. The molecule has 0 saturated carbocycles. The van der Waals surface area contributed by atoms with Crippen molar-refractivity contribution < 1.29 is 19.1 Å². The topological polar surface area (TPSA) is 77.5 Å². The van der Waals surface area contributed by atoms with Crippen LogP contribution in [-0.4, -0.2) is 30.9 Å². The van der Waals surface area contributed by atoms with E-state index < -0.39 is 5.92 Å². The van der Waals surface area contributed by atoms with Crippen molar-refractivity contribution in [2.45, 2.75) is 19.3 Å². The van der Waals surface area contributed by atoms with Gasteiger partial charge in [-0.05, 0) is 29.7 Å². The number of methoxy groups -OCH3 is 2. The first-order valence-electron chi connectivity index (χ1n) is 11.7. The molecule has 5 rings (SSSR count). The van der Waals surface area contributed by atoms with E-state index in [1.165, 1.54) is 16.9 Å². The number of hydrogen-bond acceptors (Lipinski definition) is 6. The van der Waals surface area contributed by atoms with Crippen molar-refractivity contribution in [3.63, 3.8) is 0 Å². The number of nitrogens with one attached hydrogen (secondary N) is 1. The first-order valence-corrected chi connectivity index (χ1v) is 12.6. The van der Waals surface area contributed by atoms with Crippen molar-refractivity contribution in [1.29, 1.82) is 0 Å². The molecule has 1 amide bonds. The minimum Gasteiger partial charge on any atom is -0.493 e. The fourth-order valence-electron chi connectivity index (χ4n) is 4.58. The number of amides is 1. The van der Waals surface area contributed by atoms with E-state index in [0.29, 0.717) is 28.6 Å². The van der Waals surface area contributed by atoms with E-state index in [9.17, 15) is 9.59 Å². The van der Waals surface area contributed by atoms with E-state index >= 15 is 0 Å². The zero-order valence-corrected chi connectivity index (χ0v) is 20.9. The van der Waals surface area contributed by atoms with Gasteiger partial charge in [-0.3, -0.25) is 9.59 Å². The number of thiazole rings is 1. The van der Waals surface area contributed by atoms with Crippen molar-refractivity contribution in [2.75, 3.05) is 19.5 Å². The summed E-state index contributed by atoms with van der Waals surface area (Å²) in [6.07, 6.45) is 1.30. The zero-order chi connectivity index (χ0) is 25.1. The Labute approximate surface area is 213 Å². The molecule has 36 heavy (non-hydrogen) atoms. The van der Waals surface area contributed by atoms with Crippen LogP contribution < -0.4 is 14.8 Å². The molecule has 0 aliphatic heterocycles. The van der Waals surface area contributed by atoms with Crippen LogP contribution in [0.4, 0.5) is 5.13 Å². The van der Waals surface area contributed by atoms with Gasteiger partial charge in [0, 0.05) is 34.8 Å². The number of nitrogens with zero attached hydrogens (tertiary/aromatic N) is 1. The smallest absolute Gasteiger partial charge is 0.226 e. The second kappa shape index (κ2) is 10.3. The van der Waals surface area contributed by atoms with Crippen molar-refractivity contribution in [2.24, 2.45) is 5.92 Å². The highest BCUT2D eigenvalue weighted by Gasteiger charge is 2.33. The van der Waals surface area contributed by atoms with Gasteiger partial charge in [0.2, 0.25) is 5.91 Å². The molecule has 0 fully saturated rings. The highest BCUT2D eigenvalue weighted by Crippen LogP contribution is 2.38. The van der Waals surface area contributed by atoms with E-state index in [-0.39, 0.29) is 18.1 Å². The molecule has 0 spiro atoms. The Balaban J connectivity index is 1.33. The third-order valence-electron chi connectivity index (χ3n) is 6.34. The molecule has 182 valence electrons. The Morgan fingerprint density at radius 1 is 1.00 bits per heavy atom. The number of aromatic nitrogens is 1. The summed E-state index contributed by atoms with van der Waals surface area (Å²) in [5.41, 5.74) is 4.52. The molecule has 0 saturated heterocycles. The fraction of sp³-hybridized carbons (Fsp3) is 0.207. The van der Waals surface area contributed by atoms with Gasteiger partial charge in [-0.15, -0.1) is 11.3 Å². The molecule has 1 aliphatic carbocycles. The van der Waals surface area contributed by atoms with Gasteiger partial charge < -0.3 is 14.8 Å². The monoisotopic (exact) mass is 498 g/mol. The van der Waals surface area contributed by atoms with E-state index in [1.54, 1.807) is 20.3 Å². The molecule has 1 atom stereocenters. The van der Waals surface area contributed by atoms with Gasteiger partial charge in [-0.1, -0.05) is 60.7 Å². The average Bonchev–Trinajstić information content (AvgIpc) is 3.43. The standard InChI is InChI=1S/C29H26N2O4S/c1-34-23-15-20-14-21(28(33)22(20)17-24(23)35-2)16-26(32)30-29-31-27(19-11-7-4-8-12-19)25(36-29)13-18-9-5-3-6-10-18/h3-12,15,17,21H,13-14,16H2,1-2H3,(H,30,31,32). The second-order valence-corrected chi connectivity index (χ2v) is 9.78. The molecule has 0 radical (unpaired) electrons. The van der Waals surface area contributed by atoms with E-state index in [2.05, 4.69) is 17.4 Å². The summed E-state index contributed by atoms with van der Waals surface area (Å²) in [7, 11) is 3.11. The van der Waals surface area contributed by atoms with Gasteiger partial charge in [0.05, 0.1) is 19.9 Å². The number of Topliss-reactive ketones (excluding diaryl/α,β-unsaturated/α-hetero) is 1. The third-order valence-corrected chi connectivity index (χ3v) is 7.31. The number of carbonyl (C=O) groups is 2. The minimum absolute atomic E-state index is 0.0463. The number of anilines is 1. The number of fused-ring (bicyclic) bond motifs is 1. The van der Waals surface area contributed by atoms with Crippen LogP contribution in [0.3, 0.4) is 0 Å². The van der Waals surface area contributed by atoms with Crippen LogP contribution >= 0.6 is 11.3 Å². The minimum atomic E-state index is -0.422. The lowest BCUT2D eigenvalue weighted by atomic mass is 10.0. The molecule has 1 aliphatic rings. The molecule has 0 bridgehead atoms. The van der Waals surface area contributed by atoms with Crippen LogP contribution in [0.15, 0.2) is 72.8 Å². The van der Waals surface area contributed by atoms with Crippen molar-refractivity contribution >= 4 is 28.2 Å². The molecule has 1 heterocycles. The average molecular weight is 499 g/mol. The Hall–Kier alpha value is -3.97. The summed E-state index contributed by atoms with van der Waals surface area (Å²) < 4.78 is 10.7. The van der Waals surface area contributed by atoms with Gasteiger partial charge in [0.25, 0.3) is 0 Å². The van der Waals surface area contributed by atoms with Gasteiger partial charge in [-0.25, -0.2) is 4.98 Å². The lowest BCUT2D eigenvalue weighted by Crippen LogP contribution is -2.20. The second-order valence-electron chi connectivity index (χ2n) is 8.70. The molecular formula is C29H26N2O4S. The summed E-state index contributed by atoms with van der Waals surface area (Å²) in [6.45, 7) is 0. The van der Waals surface area contributed by atoms with Crippen LogP contribution in [0, 0.1) is 5.92 Å². The van der Waals surface area contributed by atoms with Gasteiger partial charge in [0.1, 0.15) is 0 Å². The maximum atomic E-state index is 13.0. The van der Waals surface area contributed by atoms with Crippen LogP contribution in [0.5, 0.6) is 11.5 Å². The Morgan fingerprint density at radius 3 is 2.36 bits per heavy atom. The molecule has 7 heteroatoms. The maximum absolute atomic E-state index is 13.0. The SMILES string of the molecule is COc1cc2c(cc1OC)C(=O)C(CC(=O)Nc1nc(-c3ccccc3)c(Cc3ccccc3)s1)C2. The number of rotatable bonds is 8. The summed E-state index contributed by atoms with van der Waals surface area (Å²) in [5, 5.41) is 3.48. The Bertz CT molecular complexity index is 1400. The van der Waals surface area contributed by atoms with Crippen molar-refractivity contribution in [1.82, 2.24) is 4.98 Å². The summed E-state index contributed by atoms with van der Waals surface area (Å²) in [4.78, 5) is 31.8. The lowest BCUT2D eigenvalue weighted by Gasteiger charge is -2.09. The Morgan fingerprint density at radius 2 is 1.67 bits per heavy atom. The lowest BCUT2D eigenvalue weighted by molar-refractivity contribution is -0.116. The predicted octanol–water partition coefficient (Wildman–Crippen LogP) is 5.80. The summed E-state index contributed by atoms with van der Waals surface area (Å²) in [6, 6.07) is 23.7. The van der Waals surface area contributed by atoms with Crippen LogP contribution in [-0.2, 0) is 17.6 Å². The van der Waals surface area contributed by atoms with E-state index in [0.717, 1.165) is 28.1 Å². The highest BCUT2D eigenvalue weighted by molar-refractivity contribution is 7.16. The van der Waals surface area contributed by atoms with Crippen molar-refractivity contribution in [3.05, 3.63) is 94.4 Å².